The largest absolute Gasteiger partial charge is 0.462 e. The third kappa shape index (κ3) is 58.4. The molecule has 0 rings (SSSR count). The number of esters is 3. The minimum Gasteiger partial charge on any atom is -0.462 e. The molecule has 0 aliphatic carbocycles. The van der Waals surface area contributed by atoms with E-state index in [0.29, 0.717) is 19.3 Å². The van der Waals surface area contributed by atoms with Crippen molar-refractivity contribution in [2.24, 2.45) is 0 Å². The van der Waals surface area contributed by atoms with Crippen LogP contribution < -0.4 is 0 Å². The zero-order chi connectivity index (χ0) is 53.6. The molecule has 0 spiro atoms. The highest BCUT2D eigenvalue weighted by atomic mass is 16.6. The molecule has 0 aromatic rings. The van der Waals surface area contributed by atoms with Crippen molar-refractivity contribution in [1.29, 1.82) is 0 Å². The predicted octanol–water partition coefficient (Wildman–Crippen LogP) is 20.6. The maximum Gasteiger partial charge on any atom is 0.306 e. The molecule has 6 nitrogen and oxygen atoms in total. The molecule has 0 fully saturated rings. The van der Waals surface area contributed by atoms with Crippen LogP contribution in [0.2, 0.25) is 0 Å². The third-order valence-corrected chi connectivity index (χ3v) is 12.4. The fraction of sp³-hybridized carbons (Fsp3) is 0.632. The summed E-state index contributed by atoms with van der Waals surface area (Å²) in [4.78, 5) is 38.1. The number of carbonyl (C=O) groups is 3. The van der Waals surface area contributed by atoms with Gasteiger partial charge in [0.15, 0.2) is 6.10 Å². The van der Waals surface area contributed by atoms with Gasteiger partial charge in [-0.3, -0.25) is 14.4 Å². The Morgan fingerprint density at radius 3 is 0.865 bits per heavy atom. The number of hydrogen-bond acceptors (Lipinski definition) is 6. The van der Waals surface area contributed by atoms with Crippen LogP contribution in [0.5, 0.6) is 0 Å². The van der Waals surface area contributed by atoms with Gasteiger partial charge in [0, 0.05) is 19.3 Å². The van der Waals surface area contributed by atoms with Crippen LogP contribution in [0, 0.1) is 0 Å². The summed E-state index contributed by atoms with van der Waals surface area (Å²) in [6, 6.07) is 0. The molecule has 0 bridgehead atoms. The van der Waals surface area contributed by atoms with E-state index in [9.17, 15) is 14.4 Å². The van der Waals surface area contributed by atoms with Gasteiger partial charge in [0.25, 0.3) is 0 Å². The molecular weight excluding hydrogens is 913 g/mol. The van der Waals surface area contributed by atoms with Gasteiger partial charge in [-0.25, -0.2) is 0 Å². The second-order valence-corrected chi connectivity index (χ2v) is 19.5. The Hall–Kier alpha value is -4.45. The lowest BCUT2D eigenvalue weighted by atomic mass is 10.0. The molecule has 0 heterocycles. The number of ether oxygens (including phenoxy) is 3. The van der Waals surface area contributed by atoms with Gasteiger partial charge in [0.1, 0.15) is 13.2 Å². The van der Waals surface area contributed by atoms with E-state index in [1.54, 1.807) is 0 Å². The summed E-state index contributed by atoms with van der Waals surface area (Å²) in [5.74, 6) is -0.959. The summed E-state index contributed by atoms with van der Waals surface area (Å²) in [6.07, 6.45) is 86.1. The first-order valence-corrected chi connectivity index (χ1v) is 30.2. The van der Waals surface area contributed by atoms with Crippen LogP contribution in [0.25, 0.3) is 0 Å². The molecule has 0 saturated carbocycles. The molecule has 418 valence electrons. The van der Waals surface area contributed by atoms with Crippen molar-refractivity contribution in [3.8, 4) is 0 Å². The topological polar surface area (TPSA) is 78.9 Å². The van der Waals surface area contributed by atoms with E-state index in [1.165, 1.54) is 77.0 Å². The molecular formula is C68H110O6. The minimum atomic E-state index is -0.807. The van der Waals surface area contributed by atoms with Crippen molar-refractivity contribution < 1.29 is 28.6 Å². The highest BCUT2D eigenvalue weighted by molar-refractivity contribution is 5.71. The SMILES string of the molecule is CC/C=C\C/C=C\C/C=C\C/C=C\C/C=C\C/C=C\CCCCCCCCCCCCCCC(=O)OCC(COC(=O)CCCCCCC/C=C\CCC)OC(=O)CCCC/C=C\C/C=C\C/C=C\C/C=C\CC. The second-order valence-electron chi connectivity index (χ2n) is 19.5. The lowest BCUT2D eigenvalue weighted by molar-refractivity contribution is -0.167. The van der Waals surface area contributed by atoms with Crippen molar-refractivity contribution >= 4 is 17.9 Å². The van der Waals surface area contributed by atoms with Crippen LogP contribution in [-0.2, 0) is 28.6 Å². The molecule has 0 N–H and O–H groups in total. The van der Waals surface area contributed by atoms with Crippen LogP contribution in [0.3, 0.4) is 0 Å². The predicted molar refractivity (Wildman–Crippen MR) is 320 cm³/mol. The Bertz CT molecular complexity index is 1600. The molecule has 1 unspecified atom stereocenters. The molecule has 0 aromatic heterocycles. The van der Waals surface area contributed by atoms with Gasteiger partial charge in [-0.2, -0.15) is 0 Å². The van der Waals surface area contributed by atoms with E-state index in [-0.39, 0.29) is 37.5 Å². The average Bonchev–Trinajstić information content (AvgIpc) is 3.40. The lowest BCUT2D eigenvalue weighted by Gasteiger charge is -2.18. The van der Waals surface area contributed by atoms with Crippen molar-refractivity contribution in [2.45, 2.75) is 264 Å². The van der Waals surface area contributed by atoms with E-state index in [1.807, 2.05) is 0 Å². The highest BCUT2D eigenvalue weighted by Crippen LogP contribution is 2.15. The van der Waals surface area contributed by atoms with Crippen molar-refractivity contribution in [3.63, 3.8) is 0 Å². The molecule has 0 radical (unpaired) electrons. The molecule has 74 heavy (non-hydrogen) atoms. The first-order valence-electron chi connectivity index (χ1n) is 30.2. The van der Waals surface area contributed by atoms with E-state index < -0.39 is 6.10 Å². The molecule has 0 aliphatic heterocycles. The van der Waals surface area contributed by atoms with E-state index in [4.69, 9.17) is 14.2 Å². The number of hydrogen-bond donors (Lipinski definition) is 0. The van der Waals surface area contributed by atoms with Gasteiger partial charge in [0.05, 0.1) is 0 Å². The number of carbonyl (C=O) groups excluding carboxylic acids is 3. The monoisotopic (exact) mass is 1020 g/mol. The summed E-state index contributed by atoms with van der Waals surface area (Å²) >= 11 is 0. The Kier molecular flexibility index (Phi) is 57.4. The molecule has 6 heteroatoms. The van der Waals surface area contributed by atoms with Crippen LogP contribution in [0.1, 0.15) is 258 Å². The minimum absolute atomic E-state index is 0.101. The fourth-order valence-electron chi connectivity index (χ4n) is 7.91. The van der Waals surface area contributed by atoms with Crippen molar-refractivity contribution in [1.82, 2.24) is 0 Å². The maximum atomic E-state index is 12.8. The first-order chi connectivity index (χ1) is 36.5. The Balaban J connectivity index is 4.23. The number of unbranched alkanes of at least 4 members (excludes halogenated alkanes) is 20. The van der Waals surface area contributed by atoms with Gasteiger partial charge in [-0.05, 0) is 128 Å². The van der Waals surface area contributed by atoms with Gasteiger partial charge in [-0.15, -0.1) is 0 Å². The molecule has 1 atom stereocenters. The maximum absolute atomic E-state index is 12.8. The second kappa shape index (κ2) is 61.1. The summed E-state index contributed by atoms with van der Waals surface area (Å²) < 4.78 is 16.8. The standard InChI is InChI=1S/C68H110O6/c1-4-7-10-13-16-19-22-24-26-27-28-29-30-31-32-33-34-35-36-37-38-39-40-41-43-44-46-49-52-55-58-61-67(70)73-64-65(63-72-66(69)60-57-54-51-48-21-18-15-12-9-6-3)74-68(71)62-59-56-53-50-47-45-42-25-23-20-17-14-11-8-5-2/h7-8,10-12,15-17,19-20,24-26,28-29,31-32,34-35,42,47,50,65H,4-6,9,13-14,18,21-23,27,30,33,36-41,43-46,48-49,51-64H2,1-3H3/b10-7-,11-8-,15-12-,19-16-,20-17-,26-24-,29-28-,32-31-,35-34-,42-25-,50-47-. The van der Waals surface area contributed by atoms with Crippen LogP contribution in [-0.4, -0.2) is 37.2 Å². The summed E-state index contributed by atoms with van der Waals surface area (Å²) in [5.41, 5.74) is 0. The molecule has 0 saturated heterocycles. The van der Waals surface area contributed by atoms with E-state index in [0.717, 1.165) is 135 Å². The van der Waals surface area contributed by atoms with Gasteiger partial charge in [0.2, 0.25) is 0 Å². The zero-order valence-corrected chi connectivity index (χ0v) is 47.8. The highest BCUT2D eigenvalue weighted by Gasteiger charge is 2.19. The fourth-order valence-corrected chi connectivity index (χ4v) is 7.91. The van der Waals surface area contributed by atoms with Crippen molar-refractivity contribution in [2.75, 3.05) is 13.2 Å². The Labute approximate surface area is 455 Å². The number of allylic oxidation sites excluding steroid dienone is 22. The Morgan fingerprint density at radius 2 is 0.527 bits per heavy atom. The van der Waals surface area contributed by atoms with E-state index >= 15 is 0 Å². The Morgan fingerprint density at radius 1 is 0.284 bits per heavy atom. The lowest BCUT2D eigenvalue weighted by Crippen LogP contribution is -2.30. The van der Waals surface area contributed by atoms with Gasteiger partial charge in [-0.1, -0.05) is 244 Å². The smallest absolute Gasteiger partial charge is 0.306 e. The summed E-state index contributed by atoms with van der Waals surface area (Å²) in [5, 5.41) is 0. The van der Waals surface area contributed by atoms with Crippen molar-refractivity contribution in [3.05, 3.63) is 134 Å². The normalized spacial score (nSPS) is 13.1. The van der Waals surface area contributed by atoms with Crippen LogP contribution in [0.4, 0.5) is 0 Å². The molecule has 0 aromatic carbocycles. The average molecular weight is 1020 g/mol. The molecule has 0 aliphatic rings. The zero-order valence-electron chi connectivity index (χ0n) is 47.8. The summed E-state index contributed by atoms with van der Waals surface area (Å²) in [6.45, 7) is 6.30. The van der Waals surface area contributed by atoms with Gasteiger partial charge < -0.3 is 14.2 Å². The quantitative estimate of drug-likeness (QED) is 0.0261. The van der Waals surface area contributed by atoms with Crippen LogP contribution in [0.15, 0.2) is 134 Å². The molecule has 0 amide bonds. The van der Waals surface area contributed by atoms with Crippen LogP contribution >= 0.6 is 0 Å². The third-order valence-electron chi connectivity index (χ3n) is 12.4. The summed E-state index contributed by atoms with van der Waals surface area (Å²) in [7, 11) is 0. The van der Waals surface area contributed by atoms with Gasteiger partial charge >= 0.3 is 17.9 Å². The number of rotatable bonds is 53. The van der Waals surface area contributed by atoms with E-state index in [2.05, 4.69) is 154 Å². The first kappa shape index (κ1) is 69.5.